The van der Waals surface area contributed by atoms with Crippen LogP contribution >= 0.6 is 11.3 Å². The number of thiophene rings is 1. The van der Waals surface area contributed by atoms with Gasteiger partial charge in [-0.15, -0.1) is 0 Å². The van der Waals surface area contributed by atoms with Gasteiger partial charge in [-0.25, -0.2) is 8.78 Å². The first kappa shape index (κ1) is 15.5. The Morgan fingerprint density at radius 3 is 2.79 bits per heavy atom. The fourth-order valence-corrected chi connectivity index (χ4v) is 3.44. The maximum atomic E-state index is 13.9. The van der Waals surface area contributed by atoms with Crippen LogP contribution in [0.15, 0.2) is 47.3 Å². The van der Waals surface area contributed by atoms with E-state index in [2.05, 4.69) is 15.4 Å². The van der Waals surface area contributed by atoms with E-state index in [0.717, 1.165) is 30.2 Å². The van der Waals surface area contributed by atoms with Gasteiger partial charge < -0.3 is 0 Å². The van der Waals surface area contributed by atoms with E-state index in [1.807, 2.05) is 28.4 Å². The largest absolute Gasteiger partial charge is 0.277 e. The van der Waals surface area contributed by atoms with Gasteiger partial charge in [-0.3, -0.25) is 9.58 Å². The third-order valence-electron chi connectivity index (χ3n) is 4.24. The lowest BCUT2D eigenvalue weighted by molar-refractivity contribution is 0.186. The minimum Gasteiger partial charge on any atom is -0.277 e. The topological polar surface area (TPSA) is 21.1 Å². The molecule has 0 atom stereocenters. The van der Waals surface area contributed by atoms with Gasteiger partial charge in [0.2, 0.25) is 0 Å². The quantitative estimate of drug-likeness (QED) is 0.655. The van der Waals surface area contributed by atoms with E-state index in [0.29, 0.717) is 24.8 Å². The molecule has 2 heterocycles. The molecule has 0 aliphatic heterocycles. The van der Waals surface area contributed by atoms with Crippen molar-refractivity contribution in [1.82, 2.24) is 14.7 Å². The normalized spacial score (nSPS) is 14.5. The van der Waals surface area contributed by atoms with Gasteiger partial charge in [0.15, 0.2) is 0 Å². The highest BCUT2D eigenvalue weighted by Gasteiger charge is 2.29. The molecule has 0 radical (unpaired) electrons. The highest BCUT2D eigenvalue weighted by Crippen LogP contribution is 2.29. The number of benzene rings is 1. The summed E-state index contributed by atoms with van der Waals surface area (Å²) in [6, 6.07) is 8.27. The number of nitrogens with zero attached hydrogens (tertiary/aromatic N) is 3. The number of aromatic nitrogens is 2. The molecule has 0 amide bonds. The lowest BCUT2D eigenvalue weighted by Crippen LogP contribution is -2.29. The molecule has 6 heteroatoms. The van der Waals surface area contributed by atoms with Crippen LogP contribution in [0.25, 0.3) is 11.3 Å². The number of halogens is 2. The monoisotopic (exact) mass is 345 g/mol. The fraction of sp³-hybridized carbons (Fsp3) is 0.278. The maximum absolute atomic E-state index is 13.9. The Balaban J connectivity index is 1.50. The smallest absolute Gasteiger partial charge is 0.130 e. The van der Waals surface area contributed by atoms with Gasteiger partial charge >= 0.3 is 0 Å². The molecule has 124 valence electrons. The molecule has 3 nitrogen and oxygen atoms in total. The molecule has 1 saturated carbocycles. The van der Waals surface area contributed by atoms with E-state index in [1.54, 1.807) is 11.3 Å². The first-order valence-electron chi connectivity index (χ1n) is 7.93. The number of rotatable bonds is 6. The van der Waals surface area contributed by atoms with E-state index in [1.165, 1.54) is 12.1 Å². The Morgan fingerprint density at radius 2 is 2.08 bits per heavy atom. The second-order valence-electron chi connectivity index (χ2n) is 6.11. The van der Waals surface area contributed by atoms with Crippen molar-refractivity contribution in [2.24, 2.45) is 0 Å². The SMILES string of the molecule is Fc1ccc(CN(Cn2ccc(-c3ccsc3)n2)C2CC2)c(F)c1. The zero-order valence-electron chi connectivity index (χ0n) is 13.0. The Hall–Kier alpha value is -2.05. The second-order valence-corrected chi connectivity index (χ2v) is 6.89. The highest BCUT2D eigenvalue weighted by molar-refractivity contribution is 7.08. The molecule has 2 aromatic heterocycles. The van der Waals surface area contributed by atoms with Crippen molar-refractivity contribution in [3.8, 4) is 11.3 Å². The zero-order chi connectivity index (χ0) is 16.5. The summed E-state index contributed by atoms with van der Waals surface area (Å²) in [7, 11) is 0. The van der Waals surface area contributed by atoms with Gasteiger partial charge in [0.1, 0.15) is 11.6 Å². The summed E-state index contributed by atoms with van der Waals surface area (Å²) in [5.74, 6) is -1.03. The molecular formula is C18H17F2N3S. The van der Waals surface area contributed by atoms with E-state index >= 15 is 0 Å². The van der Waals surface area contributed by atoms with Crippen LogP contribution in [0, 0.1) is 11.6 Å². The summed E-state index contributed by atoms with van der Waals surface area (Å²) in [6.07, 6.45) is 4.17. The molecule has 1 aliphatic rings. The van der Waals surface area contributed by atoms with Crippen molar-refractivity contribution >= 4 is 11.3 Å². The van der Waals surface area contributed by atoms with Gasteiger partial charge in [0.05, 0.1) is 12.4 Å². The van der Waals surface area contributed by atoms with Crippen molar-refractivity contribution in [2.75, 3.05) is 0 Å². The van der Waals surface area contributed by atoms with Crippen molar-refractivity contribution < 1.29 is 8.78 Å². The highest BCUT2D eigenvalue weighted by atomic mass is 32.1. The maximum Gasteiger partial charge on any atom is 0.130 e. The minimum absolute atomic E-state index is 0.447. The molecule has 4 rings (SSSR count). The predicted octanol–water partition coefficient (Wildman–Crippen LogP) is 4.51. The summed E-state index contributed by atoms with van der Waals surface area (Å²) < 4.78 is 28.9. The minimum atomic E-state index is -0.540. The molecule has 0 spiro atoms. The number of hydrogen-bond donors (Lipinski definition) is 0. The third-order valence-corrected chi connectivity index (χ3v) is 4.92. The van der Waals surface area contributed by atoms with Crippen LogP contribution in [0.5, 0.6) is 0 Å². The van der Waals surface area contributed by atoms with E-state index in [-0.39, 0.29) is 0 Å². The van der Waals surface area contributed by atoms with Crippen molar-refractivity contribution in [2.45, 2.75) is 32.1 Å². The first-order chi connectivity index (χ1) is 11.7. The fourth-order valence-electron chi connectivity index (χ4n) is 2.79. The van der Waals surface area contributed by atoms with Crippen molar-refractivity contribution in [3.05, 3.63) is 64.5 Å². The number of hydrogen-bond acceptors (Lipinski definition) is 3. The van der Waals surface area contributed by atoms with Crippen LogP contribution in [0.4, 0.5) is 8.78 Å². The van der Waals surface area contributed by atoms with Gasteiger partial charge in [-0.1, -0.05) is 6.07 Å². The van der Waals surface area contributed by atoms with Crippen molar-refractivity contribution in [3.63, 3.8) is 0 Å². The van der Waals surface area contributed by atoms with E-state index in [4.69, 9.17) is 0 Å². The van der Waals surface area contributed by atoms with Gasteiger partial charge in [0, 0.05) is 41.4 Å². The molecule has 1 aromatic carbocycles. The second kappa shape index (κ2) is 6.45. The molecule has 0 saturated heterocycles. The first-order valence-corrected chi connectivity index (χ1v) is 8.87. The van der Waals surface area contributed by atoms with Crippen LogP contribution in [-0.2, 0) is 13.2 Å². The molecule has 0 unspecified atom stereocenters. The molecule has 1 fully saturated rings. The molecule has 0 N–H and O–H groups in total. The zero-order valence-corrected chi connectivity index (χ0v) is 13.8. The van der Waals surface area contributed by atoms with Crippen LogP contribution in [0.2, 0.25) is 0 Å². The molecule has 3 aromatic rings. The summed E-state index contributed by atoms with van der Waals surface area (Å²) in [5.41, 5.74) is 2.58. The summed E-state index contributed by atoms with van der Waals surface area (Å²) >= 11 is 1.65. The third kappa shape index (κ3) is 3.39. The lowest BCUT2D eigenvalue weighted by Gasteiger charge is -2.22. The van der Waals surface area contributed by atoms with Crippen LogP contribution in [0.3, 0.4) is 0 Å². The van der Waals surface area contributed by atoms with Gasteiger partial charge in [-0.2, -0.15) is 16.4 Å². The molecule has 24 heavy (non-hydrogen) atoms. The molecular weight excluding hydrogens is 328 g/mol. The van der Waals surface area contributed by atoms with Crippen LogP contribution in [0.1, 0.15) is 18.4 Å². The van der Waals surface area contributed by atoms with E-state index in [9.17, 15) is 8.78 Å². The Morgan fingerprint density at radius 1 is 1.21 bits per heavy atom. The molecule has 0 bridgehead atoms. The standard InChI is InChI=1S/C18H17F2N3S/c19-15-2-1-13(17(20)9-15)10-22(16-3-4-16)12-23-7-5-18(21-23)14-6-8-24-11-14/h1-2,5-9,11,16H,3-4,10,12H2. The summed E-state index contributed by atoms with van der Waals surface area (Å²) in [5, 5.41) is 8.71. The lowest BCUT2D eigenvalue weighted by atomic mass is 10.2. The predicted molar refractivity (Wildman–Crippen MR) is 90.5 cm³/mol. The Kier molecular flexibility index (Phi) is 4.16. The van der Waals surface area contributed by atoms with Gasteiger partial charge in [0.25, 0.3) is 0 Å². The average Bonchev–Trinajstić information content (AvgIpc) is 3.07. The Labute approximate surface area is 143 Å². The summed E-state index contributed by atoms with van der Waals surface area (Å²) in [6.45, 7) is 1.07. The summed E-state index contributed by atoms with van der Waals surface area (Å²) in [4.78, 5) is 2.20. The van der Waals surface area contributed by atoms with Crippen molar-refractivity contribution in [1.29, 1.82) is 0 Å². The molecule has 1 aliphatic carbocycles. The van der Waals surface area contributed by atoms with E-state index < -0.39 is 11.6 Å². The average molecular weight is 345 g/mol. The Bertz CT molecular complexity index is 825. The van der Waals surface area contributed by atoms with Gasteiger partial charge in [-0.05, 0) is 36.4 Å². The van der Waals surface area contributed by atoms with Crippen LogP contribution < -0.4 is 0 Å². The van der Waals surface area contributed by atoms with Crippen LogP contribution in [-0.4, -0.2) is 20.7 Å².